The minimum atomic E-state index is 0.0528. The molecule has 0 amide bonds. The molecule has 3 heteroatoms. The molecular formula is C14H18N2O. The number of phenols is 1. The summed E-state index contributed by atoms with van der Waals surface area (Å²) in [5.41, 5.74) is 2.94. The molecule has 2 aromatic rings. The average molecular weight is 230 g/mol. The molecule has 1 aromatic carbocycles. The van der Waals surface area contributed by atoms with E-state index in [2.05, 4.69) is 25.9 Å². The Kier molecular flexibility index (Phi) is 2.69. The Morgan fingerprint density at radius 2 is 1.88 bits per heavy atom. The predicted molar refractivity (Wildman–Crippen MR) is 68.7 cm³/mol. The van der Waals surface area contributed by atoms with Crippen molar-refractivity contribution in [3.05, 3.63) is 41.7 Å². The number of benzene rings is 1. The van der Waals surface area contributed by atoms with Gasteiger partial charge < -0.3 is 5.11 Å². The van der Waals surface area contributed by atoms with Gasteiger partial charge in [-0.3, -0.25) is 0 Å². The van der Waals surface area contributed by atoms with Gasteiger partial charge >= 0.3 is 0 Å². The zero-order valence-corrected chi connectivity index (χ0v) is 10.7. The summed E-state index contributed by atoms with van der Waals surface area (Å²) < 4.78 is 1.84. The van der Waals surface area contributed by atoms with E-state index in [-0.39, 0.29) is 5.41 Å². The summed E-state index contributed by atoms with van der Waals surface area (Å²) in [6.45, 7) is 8.30. The Morgan fingerprint density at radius 3 is 2.41 bits per heavy atom. The summed E-state index contributed by atoms with van der Waals surface area (Å²) in [6, 6.07) is 7.52. The number of aromatic nitrogens is 2. The van der Waals surface area contributed by atoms with E-state index in [0.29, 0.717) is 5.75 Å². The van der Waals surface area contributed by atoms with E-state index < -0.39 is 0 Å². The molecule has 0 aliphatic heterocycles. The van der Waals surface area contributed by atoms with Gasteiger partial charge in [0.1, 0.15) is 5.75 Å². The molecule has 0 fully saturated rings. The molecule has 3 nitrogen and oxygen atoms in total. The molecule has 0 saturated heterocycles. The largest absolute Gasteiger partial charge is 0.508 e. The minimum Gasteiger partial charge on any atom is -0.508 e. The third kappa shape index (κ3) is 2.33. The highest BCUT2D eigenvalue weighted by Gasteiger charge is 2.17. The SMILES string of the molecule is Cc1cc(-n2ccc(C(C)(C)C)n2)ccc1O. The van der Waals surface area contributed by atoms with Crippen LogP contribution >= 0.6 is 0 Å². The first-order valence-corrected chi connectivity index (χ1v) is 5.74. The van der Waals surface area contributed by atoms with Crippen molar-refractivity contribution in [1.29, 1.82) is 0 Å². The van der Waals surface area contributed by atoms with Gasteiger partial charge in [-0.25, -0.2) is 4.68 Å². The van der Waals surface area contributed by atoms with Crippen LogP contribution in [0.15, 0.2) is 30.5 Å². The molecule has 0 aliphatic carbocycles. The van der Waals surface area contributed by atoms with Crippen LogP contribution in [-0.2, 0) is 5.41 Å². The number of hydrogen-bond donors (Lipinski definition) is 1. The first-order chi connectivity index (χ1) is 7.88. The van der Waals surface area contributed by atoms with Crippen LogP contribution in [0.2, 0.25) is 0 Å². The lowest BCUT2D eigenvalue weighted by atomic mass is 9.93. The van der Waals surface area contributed by atoms with Crippen LogP contribution in [0.4, 0.5) is 0 Å². The van der Waals surface area contributed by atoms with Gasteiger partial charge in [-0.05, 0) is 36.8 Å². The van der Waals surface area contributed by atoms with Crippen molar-refractivity contribution < 1.29 is 5.11 Å². The van der Waals surface area contributed by atoms with E-state index in [0.717, 1.165) is 16.9 Å². The molecule has 17 heavy (non-hydrogen) atoms. The van der Waals surface area contributed by atoms with Gasteiger partial charge in [0.05, 0.1) is 11.4 Å². The molecule has 0 bridgehead atoms. The van der Waals surface area contributed by atoms with Gasteiger partial charge in [0.2, 0.25) is 0 Å². The Bertz CT molecular complexity index is 535. The molecule has 0 atom stereocenters. The van der Waals surface area contributed by atoms with Crippen molar-refractivity contribution in [1.82, 2.24) is 9.78 Å². The highest BCUT2D eigenvalue weighted by atomic mass is 16.3. The molecule has 1 aromatic heterocycles. The highest BCUT2D eigenvalue weighted by Crippen LogP contribution is 2.23. The predicted octanol–water partition coefficient (Wildman–Crippen LogP) is 3.18. The highest BCUT2D eigenvalue weighted by molar-refractivity contribution is 5.42. The molecule has 0 spiro atoms. The van der Waals surface area contributed by atoms with E-state index in [1.165, 1.54) is 0 Å². The number of nitrogens with zero attached hydrogens (tertiary/aromatic N) is 2. The molecule has 2 rings (SSSR count). The summed E-state index contributed by atoms with van der Waals surface area (Å²) in [5.74, 6) is 0.317. The lowest BCUT2D eigenvalue weighted by Crippen LogP contribution is -2.12. The van der Waals surface area contributed by atoms with Crippen LogP contribution in [0.1, 0.15) is 32.0 Å². The standard InChI is InChI=1S/C14H18N2O/c1-10-9-11(5-6-12(10)17)16-8-7-13(15-16)14(2,3)4/h5-9,17H,1-4H3. The van der Waals surface area contributed by atoms with Gasteiger partial charge in [-0.15, -0.1) is 0 Å². The van der Waals surface area contributed by atoms with Crippen molar-refractivity contribution in [2.24, 2.45) is 0 Å². The molecule has 0 unspecified atom stereocenters. The Labute approximate surface area is 102 Å². The topological polar surface area (TPSA) is 38.0 Å². The quantitative estimate of drug-likeness (QED) is 0.817. The van der Waals surface area contributed by atoms with Gasteiger partial charge in [0.15, 0.2) is 0 Å². The monoisotopic (exact) mass is 230 g/mol. The summed E-state index contributed by atoms with van der Waals surface area (Å²) in [5, 5.41) is 14.1. The van der Waals surface area contributed by atoms with Crippen molar-refractivity contribution in [2.75, 3.05) is 0 Å². The number of phenolic OH excluding ortho intramolecular Hbond substituents is 1. The summed E-state index contributed by atoms with van der Waals surface area (Å²) >= 11 is 0. The van der Waals surface area contributed by atoms with Crippen LogP contribution in [-0.4, -0.2) is 14.9 Å². The molecule has 0 aliphatic rings. The van der Waals surface area contributed by atoms with Crippen LogP contribution < -0.4 is 0 Å². The molecule has 90 valence electrons. The zero-order valence-electron chi connectivity index (χ0n) is 10.7. The first kappa shape index (κ1) is 11.7. The van der Waals surface area contributed by atoms with Crippen molar-refractivity contribution in [3.63, 3.8) is 0 Å². The van der Waals surface area contributed by atoms with Crippen molar-refractivity contribution in [2.45, 2.75) is 33.1 Å². The normalized spacial score (nSPS) is 11.8. The number of aromatic hydroxyl groups is 1. The second kappa shape index (κ2) is 3.91. The molecule has 1 N–H and O–H groups in total. The third-order valence-corrected chi connectivity index (χ3v) is 2.80. The third-order valence-electron chi connectivity index (χ3n) is 2.80. The minimum absolute atomic E-state index is 0.0528. The van der Waals surface area contributed by atoms with E-state index in [9.17, 15) is 5.11 Å². The molecule has 1 heterocycles. The fraction of sp³-hybridized carbons (Fsp3) is 0.357. The smallest absolute Gasteiger partial charge is 0.118 e. The summed E-state index contributed by atoms with van der Waals surface area (Å²) in [4.78, 5) is 0. The Hall–Kier alpha value is -1.77. The van der Waals surface area contributed by atoms with E-state index in [1.54, 1.807) is 6.07 Å². The zero-order chi connectivity index (χ0) is 12.6. The second-order valence-corrected chi connectivity index (χ2v) is 5.37. The van der Waals surface area contributed by atoms with E-state index in [1.807, 2.05) is 36.0 Å². The van der Waals surface area contributed by atoms with Crippen molar-refractivity contribution >= 4 is 0 Å². The van der Waals surface area contributed by atoms with Crippen molar-refractivity contribution in [3.8, 4) is 11.4 Å². The van der Waals surface area contributed by atoms with Gasteiger partial charge in [0.25, 0.3) is 0 Å². The lowest BCUT2D eigenvalue weighted by molar-refractivity contribution is 0.471. The lowest BCUT2D eigenvalue weighted by Gasteiger charge is -2.14. The number of hydrogen-bond acceptors (Lipinski definition) is 2. The Morgan fingerprint density at radius 1 is 1.18 bits per heavy atom. The van der Waals surface area contributed by atoms with Gasteiger partial charge in [-0.1, -0.05) is 20.8 Å². The molecule has 0 radical (unpaired) electrons. The average Bonchev–Trinajstić information content (AvgIpc) is 2.70. The maximum atomic E-state index is 9.50. The first-order valence-electron chi connectivity index (χ1n) is 5.74. The van der Waals surface area contributed by atoms with Crippen LogP contribution in [0.3, 0.4) is 0 Å². The summed E-state index contributed by atoms with van der Waals surface area (Å²) in [6.07, 6.45) is 1.95. The fourth-order valence-corrected chi connectivity index (χ4v) is 1.65. The molecule has 0 saturated carbocycles. The Balaban J connectivity index is 2.40. The maximum Gasteiger partial charge on any atom is 0.118 e. The molecular weight excluding hydrogens is 212 g/mol. The van der Waals surface area contributed by atoms with Gasteiger partial charge in [0, 0.05) is 11.6 Å². The van der Waals surface area contributed by atoms with Crippen LogP contribution in [0.25, 0.3) is 5.69 Å². The number of aryl methyl sites for hydroxylation is 1. The second-order valence-electron chi connectivity index (χ2n) is 5.37. The number of rotatable bonds is 1. The fourth-order valence-electron chi connectivity index (χ4n) is 1.65. The maximum absolute atomic E-state index is 9.50. The van der Waals surface area contributed by atoms with E-state index in [4.69, 9.17) is 0 Å². The summed E-state index contributed by atoms with van der Waals surface area (Å²) in [7, 11) is 0. The van der Waals surface area contributed by atoms with E-state index >= 15 is 0 Å². The van der Waals surface area contributed by atoms with Crippen LogP contribution in [0, 0.1) is 6.92 Å². The van der Waals surface area contributed by atoms with Crippen LogP contribution in [0.5, 0.6) is 5.75 Å². The van der Waals surface area contributed by atoms with Gasteiger partial charge in [-0.2, -0.15) is 5.10 Å².